The first-order valence-corrected chi connectivity index (χ1v) is 6.02. The first-order chi connectivity index (χ1) is 8.99. The lowest BCUT2D eigenvalue weighted by molar-refractivity contribution is -0.144. The molecule has 1 rings (SSSR count). The molecular formula is C14H19NO4. The Kier molecular flexibility index (Phi) is 5.36. The van der Waals surface area contributed by atoms with Crippen LogP contribution in [0.2, 0.25) is 0 Å². The smallest absolute Gasteiger partial charge is 0.328 e. The van der Waals surface area contributed by atoms with Crippen LogP contribution in [-0.4, -0.2) is 32.1 Å². The molecule has 19 heavy (non-hydrogen) atoms. The summed E-state index contributed by atoms with van der Waals surface area (Å²) >= 11 is 0. The van der Waals surface area contributed by atoms with Crippen molar-refractivity contribution in [2.75, 3.05) is 14.2 Å². The molecule has 0 spiro atoms. The third-order valence-electron chi connectivity index (χ3n) is 2.74. The van der Waals surface area contributed by atoms with Crippen LogP contribution < -0.4 is 10.1 Å². The van der Waals surface area contributed by atoms with Gasteiger partial charge in [0.25, 0.3) is 5.91 Å². The van der Waals surface area contributed by atoms with Gasteiger partial charge in [0, 0.05) is 5.56 Å². The minimum absolute atomic E-state index is 0.0537. The number of benzene rings is 1. The zero-order valence-electron chi connectivity index (χ0n) is 11.6. The number of carbonyl (C=O) groups is 2. The van der Waals surface area contributed by atoms with Crippen LogP contribution in [0.5, 0.6) is 5.75 Å². The number of ether oxygens (including phenoxy) is 2. The lowest BCUT2D eigenvalue weighted by Gasteiger charge is -2.19. The Balaban J connectivity index is 2.84. The maximum absolute atomic E-state index is 12.1. The normalized spacial score (nSPS) is 11.8. The molecule has 1 atom stereocenters. The number of methoxy groups -OCH3 is 2. The molecule has 1 aromatic carbocycles. The van der Waals surface area contributed by atoms with E-state index in [1.807, 2.05) is 13.8 Å². The summed E-state index contributed by atoms with van der Waals surface area (Å²) in [6.45, 7) is 3.68. The van der Waals surface area contributed by atoms with Gasteiger partial charge in [0.05, 0.1) is 14.2 Å². The molecule has 0 heterocycles. The van der Waals surface area contributed by atoms with Crippen LogP contribution in [0.25, 0.3) is 0 Å². The molecular weight excluding hydrogens is 246 g/mol. The number of amides is 1. The van der Waals surface area contributed by atoms with E-state index in [1.54, 1.807) is 24.3 Å². The maximum Gasteiger partial charge on any atom is 0.328 e. The van der Waals surface area contributed by atoms with Crippen molar-refractivity contribution in [2.24, 2.45) is 5.92 Å². The van der Waals surface area contributed by atoms with Crippen LogP contribution in [0.4, 0.5) is 0 Å². The largest absolute Gasteiger partial charge is 0.497 e. The average molecular weight is 265 g/mol. The third kappa shape index (κ3) is 3.98. The molecule has 0 aliphatic carbocycles. The number of hydrogen-bond acceptors (Lipinski definition) is 4. The molecule has 104 valence electrons. The van der Waals surface area contributed by atoms with Crippen LogP contribution >= 0.6 is 0 Å². The molecule has 0 aliphatic rings. The lowest BCUT2D eigenvalue weighted by Crippen LogP contribution is -2.45. The molecule has 0 aromatic heterocycles. The van der Waals surface area contributed by atoms with E-state index in [-0.39, 0.29) is 11.8 Å². The predicted octanol–water partition coefficient (Wildman–Crippen LogP) is 1.62. The molecule has 0 radical (unpaired) electrons. The summed E-state index contributed by atoms with van der Waals surface area (Å²) in [6.07, 6.45) is 0. The minimum Gasteiger partial charge on any atom is -0.497 e. The van der Waals surface area contributed by atoms with Crippen LogP contribution in [0, 0.1) is 5.92 Å². The predicted molar refractivity (Wildman–Crippen MR) is 71.1 cm³/mol. The summed E-state index contributed by atoms with van der Waals surface area (Å²) in [7, 11) is 2.83. The van der Waals surface area contributed by atoms with Crippen molar-refractivity contribution < 1.29 is 19.1 Å². The molecule has 0 bridgehead atoms. The van der Waals surface area contributed by atoms with Gasteiger partial charge in [-0.2, -0.15) is 0 Å². The van der Waals surface area contributed by atoms with Crippen molar-refractivity contribution in [3.8, 4) is 5.75 Å². The highest BCUT2D eigenvalue weighted by Gasteiger charge is 2.25. The van der Waals surface area contributed by atoms with E-state index in [0.717, 1.165) is 0 Å². The molecule has 0 fully saturated rings. The first-order valence-electron chi connectivity index (χ1n) is 6.02. The Labute approximate surface area is 112 Å². The number of esters is 1. The second kappa shape index (κ2) is 6.78. The first kappa shape index (κ1) is 15.0. The quantitative estimate of drug-likeness (QED) is 0.822. The summed E-state index contributed by atoms with van der Waals surface area (Å²) in [5.41, 5.74) is 0.439. The molecule has 1 N–H and O–H groups in total. The van der Waals surface area contributed by atoms with E-state index >= 15 is 0 Å². The Morgan fingerprint density at radius 1 is 1.21 bits per heavy atom. The molecule has 1 aromatic rings. The van der Waals surface area contributed by atoms with Gasteiger partial charge in [-0.3, -0.25) is 4.79 Å². The Morgan fingerprint density at radius 3 is 2.42 bits per heavy atom. The van der Waals surface area contributed by atoms with Crippen molar-refractivity contribution in [1.82, 2.24) is 5.32 Å². The Bertz CT molecular complexity index is 457. The van der Waals surface area contributed by atoms with Gasteiger partial charge in [-0.25, -0.2) is 4.79 Å². The van der Waals surface area contributed by atoms with Gasteiger partial charge in [-0.15, -0.1) is 0 Å². The second-order valence-corrected chi connectivity index (χ2v) is 4.45. The summed E-state index contributed by atoms with van der Waals surface area (Å²) in [5, 5.41) is 2.67. The average Bonchev–Trinajstić information content (AvgIpc) is 2.43. The third-order valence-corrected chi connectivity index (χ3v) is 2.74. The van der Waals surface area contributed by atoms with Crippen molar-refractivity contribution in [2.45, 2.75) is 19.9 Å². The van der Waals surface area contributed by atoms with Crippen LogP contribution in [0.3, 0.4) is 0 Å². The number of carbonyl (C=O) groups excluding carboxylic acids is 2. The van der Waals surface area contributed by atoms with Gasteiger partial charge >= 0.3 is 5.97 Å². The van der Waals surface area contributed by atoms with Crippen molar-refractivity contribution in [3.05, 3.63) is 29.8 Å². The van der Waals surface area contributed by atoms with E-state index in [1.165, 1.54) is 14.2 Å². The molecule has 0 saturated carbocycles. The van der Waals surface area contributed by atoms with Crippen molar-refractivity contribution in [3.63, 3.8) is 0 Å². The Hall–Kier alpha value is -2.04. The van der Waals surface area contributed by atoms with Gasteiger partial charge in [0.15, 0.2) is 0 Å². The summed E-state index contributed by atoms with van der Waals surface area (Å²) in [6, 6.07) is 6.08. The summed E-state index contributed by atoms with van der Waals surface area (Å²) in [4.78, 5) is 23.7. The topological polar surface area (TPSA) is 64.6 Å². The molecule has 0 saturated heterocycles. The standard InChI is InChI=1S/C14H19NO4/c1-9(2)12(14(17)19-4)15-13(16)10-6-5-7-11(8-10)18-3/h5-9,12H,1-4H3,(H,15,16)/t12-/m0/s1. The van der Waals surface area contributed by atoms with Crippen molar-refractivity contribution in [1.29, 1.82) is 0 Å². The fraction of sp³-hybridized carbons (Fsp3) is 0.429. The van der Waals surface area contributed by atoms with E-state index in [2.05, 4.69) is 10.1 Å². The summed E-state index contributed by atoms with van der Waals surface area (Å²) in [5.74, 6) is -0.247. The van der Waals surface area contributed by atoms with E-state index in [9.17, 15) is 9.59 Å². The van der Waals surface area contributed by atoms with E-state index in [0.29, 0.717) is 11.3 Å². The zero-order chi connectivity index (χ0) is 14.4. The highest BCUT2D eigenvalue weighted by atomic mass is 16.5. The van der Waals surface area contributed by atoms with Gasteiger partial charge in [0.2, 0.25) is 0 Å². The summed E-state index contributed by atoms with van der Waals surface area (Å²) < 4.78 is 9.73. The maximum atomic E-state index is 12.1. The number of hydrogen-bond donors (Lipinski definition) is 1. The number of rotatable bonds is 5. The van der Waals surface area contributed by atoms with Crippen LogP contribution in [0.15, 0.2) is 24.3 Å². The van der Waals surface area contributed by atoms with Gasteiger partial charge in [-0.05, 0) is 24.1 Å². The van der Waals surface area contributed by atoms with Crippen LogP contribution in [0.1, 0.15) is 24.2 Å². The second-order valence-electron chi connectivity index (χ2n) is 4.45. The minimum atomic E-state index is -0.663. The monoisotopic (exact) mass is 265 g/mol. The molecule has 1 amide bonds. The molecule has 5 nitrogen and oxygen atoms in total. The van der Waals surface area contributed by atoms with Gasteiger partial charge < -0.3 is 14.8 Å². The molecule has 0 aliphatic heterocycles. The fourth-order valence-electron chi connectivity index (χ4n) is 1.61. The zero-order valence-corrected chi connectivity index (χ0v) is 11.6. The lowest BCUT2D eigenvalue weighted by atomic mass is 10.0. The number of nitrogens with one attached hydrogen (secondary N) is 1. The highest BCUT2D eigenvalue weighted by Crippen LogP contribution is 2.13. The van der Waals surface area contributed by atoms with Gasteiger partial charge in [0.1, 0.15) is 11.8 Å². The van der Waals surface area contributed by atoms with E-state index in [4.69, 9.17) is 4.74 Å². The van der Waals surface area contributed by atoms with Gasteiger partial charge in [-0.1, -0.05) is 19.9 Å². The molecule has 0 unspecified atom stereocenters. The van der Waals surface area contributed by atoms with E-state index < -0.39 is 12.0 Å². The fourth-order valence-corrected chi connectivity index (χ4v) is 1.61. The van der Waals surface area contributed by atoms with Crippen molar-refractivity contribution >= 4 is 11.9 Å². The highest BCUT2D eigenvalue weighted by molar-refractivity contribution is 5.97. The Morgan fingerprint density at radius 2 is 1.89 bits per heavy atom. The molecule has 5 heteroatoms. The SMILES string of the molecule is COC(=O)[C@@H](NC(=O)c1cccc(OC)c1)C(C)C. The van der Waals surface area contributed by atoms with Crippen LogP contribution in [-0.2, 0) is 9.53 Å².